The minimum Gasteiger partial charge on any atom is -0.383 e. The van der Waals surface area contributed by atoms with Gasteiger partial charge in [0.1, 0.15) is 0 Å². The van der Waals surface area contributed by atoms with Crippen molar-refractivity contribution in [3.63, 3.8) is 0 Å². The molecule has 0 spiro atoms. The fourth-order valence-electron chi connectivity index (χ4n) is 1.71. The lowest BCUT2D eigenvalue weighted by atomic mass is 10.00. The molecule has 0 aliphatic carbocycles. The number of likely N-dealkylation sites (N-methyl/N-ethyl adjacent to an activating group) is 1. The van der Waals surface area contributed by atoms with Crippen LogP contribution in [-0.2, 0) is 9.47 Å². The monoisotopic (exact) mass is 187 g/mol. The van der Waals surface area contributed by atoms with Crippen molar-refractivity contribution in [1.29, 1.82) is 0 Å². The van der Waals surface area contributed by atoms with Crippen LogP contribution in [0.3, 0.4) is 0 Å². The number of ether oxygens (including phenoxy) is 2. The van der Waals surface area contributed by atoms with Crippen LogP contribution in [0.2, 0.25) is 0 Å². The van der Waals surface area contributed by atoms with Gasteiger partial charge in [0, 0.05) is 33.4 Å². The molecule has 0 bridgehead atoms. The first-order valence-corrected chi connectivity index (χ1v) is 5.08. The van der Waals surface area contributed by atoms with Gasteiger partial charge in [0.05, 0.1) is 6.61 Å². The Morgan fingerprint density at radius 2 is 2.08 bits per heavy atom. The molecule has 0 N–H and O–H groups in total. The predicted octanol–water partition coefficient (Wildman–Crippen LogP) is 0.991. The van der Waals surface area contributed by atoms with E-state index in [1.165, 1.54) is 19.4 Å². The number of nitrogens with zero attached hydrogens (tertiary/aromatic N) is 1. The van der Waals surface area contributed by atoms with Gasteiger partial charge in [0.2, 0.25) is 0 Å². The van der Waals surface area contributed by atoms with Crippen molar-refractivity contribution in [3.8, 4) is 0 Å². The van der Waals surface area contributed by atoms with E-state index in [9.17, 15) is 0 Å². The van der Waals surface area contributed by atoms with Gasteiger partial charge in [-0.1, -0.05) is 0 Å². The van der Waals surface area contributed by atoms with E-state index in [1.54, 1.807) is 7.11 Å². The SMILES string of the molecule is COCCN(C)CC1CCOCC1. The predicted molar refractivity (Wildman–Crippen MR) is 52.9 cm³/mol. The third kappa shape index (κ3) is 4.60. The molecule has 1 rings (SSSR count). The highest BCUT2D eigenvalue weighted by Crippen LogP contribution is 2.15. The molecule has 0 aromatic heterocycles. The Balaban J connectivity index is 2.07. The fourth-order valence-corrected chi connectivity index (χ4v) is 1.71. The quantitative estimate of drug-likeness (QED) is 0.640. The van der Waals surface area contributed by atoms with E-state index in [2.05, 4.69) is 11.9 Å². The summed E-state index contributed by atoms with van der Waals surface area (Å²) < 4.78 is 10.4. The zero-order valence-electron chi connectivity index (χ0n) is 8.79. The summed E-state index contributed by atoms with van der Waals surface area (Å²) in [7, 11) is 3.91. The van der Waals surface area contributed by atoms with E-state index >= 15 is 0 Å². The maximum absolute atomic E-state index is 5.32. The molecule has 0 unspecified atom stereocenters. The number of methoxy groups -OCH3 is 1. The molecule has 3 nitrogen and oxygen atoms in total. The van der Waals surface area contributed by atoms with E-state index in [-0.39, 0.29) is 0 Å². The Hall–Kier alpha value is -0.120. The minimum absolute atomic E-state index is 0.829. The van der Waals surface area contributed by atoms with Gasteiger partial charge in [-0.2, -0.15) is 0 Å². The Morgan fingerprint density at radius 1 is 1.38 bits per heavy atom. The Labute approximate surface area is 81.0 Å². The molecule has 78 valence electrons. The van der Waals surface area contributed by atoms with Crippen molar-refractivity contribution < 1.29 is 9.47 Å². The van der Waals surface area contributed by atoms with E-state index in [4.69, 9.17) is 9.47 Å². The van der Waals surface area contributed by atoms with Gasteiger partial charge in [-0.25, -0.2) is 0 Å². The van der Waals surface area contributed by atoms with Crippen LogP contribution in [0.25, 0.3) is 0 Å². The minimum atomic E-state index is 0.829. The second-order valence-corrected chi connectivity index (χ2v) is 3.81. The van der Waals surface area contributed by atoms with Gasteiger partial charge in [0.25, 0.3) is 0 Å². The Bertz CT molecular complexity index is 124. The van der Waals surface area contributed by atoms with Crippen molar-refractivity contribution in [3.05, 3.63) is 0 Å². The van der Waals surface area contributed by atoms with Crippen LogP contribution < -0.4 is 0 Å². The highest BCUT2D eigenvalue weighted by molar-refractivity contribution is 4.66. The van der Waals surface area contributed by atoms with Gasteiger partial charge < -0.3 is 14.4 Å². The van der Waals surface area contributed by atoms with Crippen molar-refractivity contribution in [1.82, 2.24) is 4.90 Å². The molecule has 0 aromatic carbocycles. The summed E-state index contributed by atoms with van der Waals surface area (Å²) in [5, 5.41) is 0. The van der Waals surface area contributed by atoms with Gasteiger partial charge in [-0.05, 0) is 25.8 Å². The first-order chi connectivity index (χ1) is 6.33. The molecule has 1 aliphatic heterocycles. The van der Waals surface area contributed by atoms with Crippen molar-refractivity contribution in [2.24, 2.45) is 5.92 Å². The highest BCUT2D eigenvalue weighted by atomic mass is 16.5. The molecule has 1 saturated heterocycles. The summed E-state index contributed by atoms with van der Waals surface area (Å²) in [6.45, 7) is 4.95. The van der Waals surface area contributed by atoms with Crippen molar-refractivity contribution in [2.75, 3.05) is 47.1 Å². The van der Waals surface area contributed by atoms with Crippen LogP contribution in [0.15, 0.2) is 0 Å². The van der Waals surface area contributed by atoms with E-state index < -0.39 is 0 Å². The van der Waals surface area contributed by atoms with Gasteiger partial charge in [-0.15, -0.1) is 0 Å². The van der Waals surface area contributed by atoms with E-state index in [0.29, 0.717) is 0 Å². The molecular formula is C10H21NO2. The molecule has 0 amide bonds. The summed E-state index contributed by atoms with van der Waals surface area (Å²) in [5.41, 5.74) is 0. The summed E-state index contributed by atoms with van der Waals surface area (Å²) in [4.78, 5) is 2.35. The second-order valence-electron chi connectivity index (χ2n) is 3.81. The molecule has 1 fully saturated rings. The lowest BCUT2D eigenvalue weighted by molar-refractivity contribution is 0.0524. The van der Waals surface area contributed by atoms with Crippen molar-refractivity contribution >= 4 is 0 Å². The Kier molecular flexibility index (Phi) is 5.35. The lowest BCUT2D eigenvalue weighted by Gasteiger charge is -2.26. The lowest BCUT2D eigenvalue weighted by Crippen LogP contribution is -2.31. The van der Waals surface area contributed by atoms with Crippen LogP contribution in [-0.4, -0.2) is 52.0 Å². The van der Waals surface area contributed by atoms with Crippen LogP contribution in [0.5, 0.6) is 0 Å². The summed E-state index contributed by atoms with van der Waals surface area (Å²) in [6.07, 6.45) is 2.44. The summed E-state index contributed by atoms with van der Waals surface area (Å²) in [5.74, 6) is 0.829. The molecule has 13 heavy (non-hydrogen) atoms. The molecular weight excluding hydrogens is 166 g/mol. The number of hydrogen-bond donors (Lipinski definition) is 0. The molecule has 3 heteroatoms. The highest BCUT2D eigenvalue weighted by Gasteiger charge is 2.15. The smallest absolute Gasteiger partial charge is 0.0589 e. The maximum atomic E-state index is 5.32. The van der Waals surface area contributed by atoms with Crippen molar-refractivity contribution in [2.45, 2.75) is 12.8 Å². The second kappa shape index (κ2) is 6.35. The van der Waals surface area contributed by atoms with Crippen LogP contribution in [0, 0.1) is 5.92 Å². The number of hydrogen-bond acceptors (Lipinski definition) is 3. The standard InChI is InChI=1S/C10H21NO2/c1-11(5-8-12-2)9-10-3-6-13-7-4-10/h10H,3-9H2,1-2H3. The average Bonchev–Trinajstić information content (AvgIpc) is 2.16. The van der Waals surface area contributed by atoms with Gasteiger partial charge in [0.15, 0.2) is 0 Å². The van der Waals surface area contributed by atoms with Crippen LogP contribution >= 0.6 is 0 Å². The first-order valence-electron chi connectivity index (χ1n) is 5.08. The molecule has 0 atom stereocenters. The zero-order valence-corrected chi connectivity index (χ0v) is 8.79. The summed E-state index contributed by atoms with van der Waals surface area (Å²) in [6, 6.07) is 0. The number of rotatable bonds is 5. The van der Waals surface area contributed by atoms with E-state index in [0.717, 1.165) is 32.3 Å². The average molecular weight is 187 g/mol. The fraction of sp³-hybridized carbons (Fsp3) is 1.00. The Morgan fingerprint density at radius 3 is 2.69 bits per heavy atom. The van der Waals surface area contributed by atoms with Gasteiger partial charge >= 0.3 is 0 Å². The molecule has 0 aromatic rings. The normalized spacial score (nSPS) is 19.6. The third-order valence-corrected chi connectivity index (χ3v) is 2.59. The zero-order chi connectivity index (χ0) is 9.52. The molecule has 0 saturated carbocycles. The third-order valence-electron chi connectivity index (χ3n) is 2.59. The molecule has 0 radical (unpaired) electrons. The molecule has 1 heterocycles. The largest absolute Gasteiger partial charge is 0.383 e. The van der Waals surface area contributed by atoms with Crippen LogP contribution in [0.4, 0.5) is 0 Å². The van der Waals surface area contributed by atoms with Gasteiger partial charge in [-0.3, -0.25) is 0 Å². The topological polar surface area (TPSA) is 21.7 Å². The first kappa shape index (κ1) is 11.0. The maximum Gasteiger partial charge on any atom is 0.0589 e. The summed E-state index contributed by atoms with van der Waals surface area (Å²) >= 11 is 0. The van der Waals surface area contributed by atoms with E-state index in [1.807, 2.05) is 0 Å². The van der Waals surface area contributed by atoms with Crippen LogP contribution in [0.1, 0.15) is 12.8 Å². The molecule has 1 aliphatic rings.